The number of hydrogen-bond donors (Lipinski definition) is 0. The zero-order valence-corrected chi connectivity index (χ0v) is 28.4. The number of carbonyl (C=O) groups excluding carboxylic acids is 2. The number of nitrogens with zero attached hydrogens (tertiary/aromatic N) is 5. The SMILES string of the molecule is COc1ccc(C(=O)N2CCN(C(=O)CCCCSc3nnc(Cc4ccccc4)n3-c3ccc(Cl)c(Cl)c3)CC2C)c(OC)c1. The molecular weight excluding hydrogens is 645 g/mol. The van der Waals surface area contributed by atoms with E-state index < -0.39 is 0 Å². The fraction of sp³-hybridized carbons (Fsp3) is 0.353. The molecule has 2 amide bonds. The van der Waals surface area contributed by atoms with E-state index in [1.165, 1.54) is 7.11 Å². The lowest BCUT2D eigenvalue weighted by molar-refractivity contribution is -0.133. The summed E-state index contributed by atoms with van der Waals surface area (Å²) in [5.74, 6) is 2.67. The van der Waals surface area contributed by atoms with Crippen LogP contribution in [0.1, 0.15) is 47.9 Å². The number of unbranched alkanes of at least 4 members (excludes halogenated alkanes) is 1. The molecule has 4 aromatic rings. The van der Waals surface area contributed by atoms with Crippen molar-refractivity contribution in [3.63, 3.8) is 0 Å². The minimum absolute atomic E-state index is 0.107. The smallest absolute Gasteiger partial charge is 0.257 e. The molecule has 1 aromatic heterocycles. The second kappa shape index (κ2) is 15.7. The van der Waals surface area contributed by atoms with Crippen molar-refractivity contribution < 1.29 is 19.1 Å². The lowest BCUT2D eigenvalue weighted by Crippen LogP contribution is -2.55. The molecule has 1 fully saturated rings. The summed E-state index contributed by atoms with van der Waals surface area (Å²) in [6.45, 7) is 3.43. The van der Waals surface area contributed by atoms with Gasteiger partial charge in [0.05, 0.1) is 35.5 Å². The van der Waals surface area contributed by atoms with Crippen LogP contribution in [-0.2, 0) is 11.2 Å². The number of piperazine rings is 1. The summed E-state index contributed by atoms with van der Waals surface area (Å²) in [6.07, 6.45) is 2.66. The molecule has 0 saturated carbocycles. The van der Waals surface area contributed by atoms with Gasteiger partial charge < -0.3 is 19.3 Å². The first-order chi connectivity index (χ1) is 22.3. The number of halogens is 2. The highest BCUT2D eigenvalue weighted by Crippen LogP contribution is 2.30. The first-order valence-electron chi connectivity index (χ1n) is 15.2. The first-order valence-corrected chi connectivity index (χ1v) is 16.9. The number of methoxy groups -OCH3 is 2. The first kappa shape index (κ1) is 33.6. The summed E-state index contributed by atoms with van der Waals surface area (Å²) in [5.41, 5.74) is 2.46. The molecule has 1 unspecified atom stereocenters. The third-order valence-electron chi connectivity index (χ3n) is 7.96. The molecule has 1 saturated heterocycles. The molecule has 1 aliphatic heterocycles. The van der Waals surface area contributed by atoms with E-state index in [1.54, 1.807) is 48.0 Å². The third-order valence-corrected chi connectivity index (χ3v) is 9.72. The molecule has 46 heavy (non-hydrogen) atoms. The van der Waals surface area contributed by atoms with E-state index in [0.717, 1.165) is 40.8 Å². The summed E-state index contributed by atoms with van der Waals surface area (Å²) < 4.78 is 12.7. The molecule has 2 heterocycles. The van der Waals surface area contributed by atoms with Crippen molar-refractivity contribution in [1.29, 1.82) is 0 Å². The zero-order valence-electron chi connectivity index (χ0n) is 26.1. The zero-order chi connectivity index (χ0) is 32.6. The molecule has 0 radical (unpaired) electrons. The van der Waals surface area contributed by atoms with E-state index in [0.29, 0.717) is 59.6 Å². The molecule has 5 rings (SSSR count). The van der Waals surface area contributed by atoms with E-state index in [4.69, 9.17) is 32.7 Å². The minimum atomic E-state index is -0.120. The van der Waals surface area contributed by atoms with Crippen LogP contribution in [0.5, 0.6) is 11.5 Å². The highest BCUT2D eigenvalue weighted by molar-refractivity contribution is 7.99. The molecule has 1 aliphatic rings. The summed E-state index contributed by atoms with van der Waals surface area (Å²) in [4.78, 5) is 30.1. The Hall–Kier alpha value is -3.73. The van der Waals surface area contributed by atoms with Crippen LogP contribution < -0.4 is 9.47 Å². The average molecular weight is 683 g/mol. The van der Waals surface area contributed by atoms with E-state index >= 15 is 0 Å². The molecular formula is C34H37Cl2N5O4S. The predicted molar refractivity (Wildman–Crippen MR) is 182 cm³/mol. The van der Waals surface area contributed by atoms with E-state index in [1.807, 2.05) is 46.7 Å². The molecule has 9 nitrogen and oxygen atoms in total. The second-order valence-corrected chi connectivity index (χ2v) is 12.9. The fourth-order valence-corrected chi connectivity index (χ4v) is 6.75. The Morgan fingerprint density at radius 3 is 2.46 bits per heavy atom. The molecule has 3 aromatic carbocycles. The van der Waals surface area contributed by atoms with Crippen LogP contribution in [0, 0.1) is 0 Å². The van der Waals surface area contributed by atoms with Crippen LogP contribution in [0.2, 0.25) is 10.0 Å². The molecule has 1 atom stereocenters. The highest BCUT2D eigenvalue weighted by atomic mass is 35.5. The van der Waals surface area contributed by atoms with Crippen molar-refractivity contribution in [3.05, 3.63) is 93.7 Å². The lowest BCUT2D eigenvalue weighted by atomic mass is 10.1. The van der Waals surface area contributed by atoms with Crippen molar-refractivity contribution in [2.24, 2.45) is 0 Å². The molecule has 242 valence electrons. The minimum Gasteiger partial charge on any atom is -0.497 e. The normalized spacial score (nSPS) is 14.8. The van der Waals surface area contributed by atoms with E-state index in [9.17, 15) is 9.59 Å². The summed E-state index contributed by atoms with van der Waals surface area (Å²) in [7, 11) is 3.11. The van der Waals surface area contributed by atoms with Gasteiger partial charge in [0.1, 0.15) is 17.3 Å². The van der Waals surface area contributed by atoms with Crippen LogP contribution >= 0.6 is 35.0 Å². The van der Waals surface area contributed by atoms with E-state index in [-0.39, 0.29) is 17.9 Å². The summed E-state index contributed by atoms with van der Waals surface area (Å²) >= 11 is 14.2. The maximum Gasteiger partial charge on any atom is 0.257 e. The highest BCUT2D eigenvalue weighted by Gasteiger charge is 2.31. The Morgan fingerprint density at radius 1 is 0.935 bits per heavy atom. The number of benzene rings is 3. The van der Waals surface area contributed by atoms with Crippen molar-refractivity contribution in [2.45, 2.75) is 43.8 Å². The van der Waals surface area contributed by atoms with Gasteiger partial charge in [-0.15, -0.1) is 10.2 Å². The van der Waals surface area contributed by atoms with Crippen molar-refractivity contribution in [1.82, 2.24) is 24.6 Å². The fourth-order valence-electron chi connectivity index (χ4n) is 5.49. The lowest BCUT2D eigenvalue weighted by Gasteiger charge is -2.40. The van der Waals surface area contributed by atoms with Gasteiger partial charge in [-0.3, -0.25) is 14.2 Å². The standard InChI is InChI=1S/C34H37Cl2N5O4S/c1-23-22-39(16-17-40(23)33(43)27-14-13-26(44-2)21-30(27)45-3)32(42)11-7-8-18-46-34-38-37-31(19-24-9-5-4-6-10-24)41(34)25-12-15-28(35)29(36)20-25/h4-6,9-10,12-15,20-21,23H,7-8,11,16-19,22H2,1-3H3. The maximum atomic E-state index is 13.3. The number of rotatable bonds is 12. The van der Waals surface area contributed by atoms with Gasteiger partial charge in [-0.05, 0) is 55.7 Å². The van der Waals surface area contributed by atoms with Gasteiger partial charge in [0, 0.05) is 50.3 Å². The van der Waals surface area contributed by atoms with Gasteiger partial charge in [0.25, 0.3) is 5.91 Å². The second-order valence-electron chi connectivity index (χ2n) is 11.1. The molecule has 0 bridgehead atoms. The largest absolute Gasteiger partial charge is 0.497 e. The van der Waals surface area contributed by atoms with Crippen LogP contribution in [0.4, 0.5) is 0 Å². The topological polar surface area (TPSA) is 89.8 Å². The number of thioether (sulfide) groups is 1. The van der Waals surface area contributed by atoms with Crippen LogP contribution in [0.3, 0.4) is 0 Å². The summed E-state index contributed by atoms with van der Waals surface area (Å²) in [5, 5.41) is 10.7. The van der Waals surface area contributed by atoms with Crippen molar-refractivity contribution >= 4 is 46.8 Å². The van der Waals surface area contributed by atoms with Crippen LogP contribution in [0.15, 0.2) is 71.9 Å². The quantitative estimate of drug-likeness (QED) is 0.120. The maximum absolute atomic E-state index is 13.3. The Labute approximate surface area is 283 Å². The Kier molecular flexibility index (Phi) is 11.5. The van der Waals surface area contributed by atoms with Gasteiger partial charge in [-0.1, -0.05) is 65.3 Å². The molecule has 12 heteroatoms. The molecule has 0 aliphatic carbocycles. The monoisotopic (exact) mass is 681 g/mol. The number of aromatic nitrogens is 3. The third kappa shape index (κ3) is 7.97. The number of ether oxygens (including phenoxy) is 2. The van der Waals surface area contributed by atoms with Crippen molar-refractivity contribution in [2.75, 3.05) is 39.6 Å². The molecule has 0 N–H and O–H groups in total. The van der Waals surface area contributed by atoms with Crippen molar-refractivity contribution in [3.8, 4) is 17.2 Å². The van der Waals surface area contributed by atoms with Gasteiger partial charge in [-0.2, -0.15) is 0 Å². The van der Waals surface area contributed by atoms with Gasteiger partial charge in [0.15, 0.2) is 5.16 Å². The van der Waals surface area contributed by atoms with Gasteiger partial charge in [-0.25, -0.2) is 0 Å². The Balaban J connectivity index is 1.14. The summed E-state index contributed by atoms with van der Waals surface area (Å²) in [6, 6.07) is 20.7. The molecule has 0 spiro atoms. The van der Waals surface area contributed by atoms with Gasteiger partial charge >= 0.3 is 0 Å². The van der Waals surface area contributed by atoms with Crippen LogP contribution in [-0.4, -0.2) is 82.0 Å². The van der Waals surface area contributed by atoms with E-state index in [2.05, 4.69) is 22.3 Å². The number of amides is 2. The average Bonchev–Trinajstić information content (AvgIpc) is 3.47. The predicted octanol–water partition coefficient (Wildman–Crippen LogP) is 6.82. The van der Waals surface area contributed by atoms with Crippen LogP contribution in [0.25, 0.3) is 5.69 Å². The Morgan fingerprint density at radius 2 is 1.74 bits per heavy atom. The van der Waals surface area contributed by atoms with Gasteiger partial charge in [0.2, 0.25) is 5.91 Å². The number of hydrogen-bond acceptors (Lipinski definition) is 7. The number of carbonyl (C=O) groups is 2. The Bertz CT molecular complexity index is 1670.